The average Bonchev–Trinajstić information content (AvgIpc) is 2.29. The number of nitrogens with one attached hydrogen (secondary N) is 1. The van der Waals surface area contributed by atoms with Crippen molar-refractivity contribution in [3.8, 4) is 0 Å². The summed E-state index contributed by atoms with van der Waals surface area (Å²) in [4.78, 5) is 0. The minimum atomic E-state index is -3.23. The molecule has 5 nitrogen and oxygen atoms in total. The first-order valence-electron chi connectivity index (χ1n) is 6.81. The number of rotatable bonds is 7. The molecule has 1 aliphatic rings. The summed E-state index contributed by atoms with van der Waals surface area (Å²) in [5, 5.41) is 12.1. The molecule has 1 atom stereocenters. The van der Waals surface area contributed by atoms with E-state index in [2.05, 4.69) is 5.32 Å². The Balaban J connectivity index is 2.62. The van der Waals surface area contributed by atoms with Gasteiger partial charge in [0.1, 0.15) is 0 Å². The van der Waals surface area contributed by atoms with Crippen LogP contribution in [0.15, 0.2) is 0 Å². The van der Waals surface area contributed by atoms with Crippen LogP contribution in [0.5, 0.6) is 0 Å². The molecule has 0 aliphatic carbocycles. The van der Waals surface area contributed by atoms with Crippen LogP contribution >= 0.6 is 0 Å². The van der Waals surface area contributed by atoms with Crippen LogP contribution < -0.4 is 5.32 Å². The number of sulfonamides is 1. The van der Waals surface area contributed by atoms with Crippen molar-refractivity contribution < 1.29 is 13.5 Å². The van der Waals surface area contributed by atoms with Crippen LogP contribution in [0.1, 0.15) is 39.5 Å². The fourth-order valence-electron chi connectivity index (χ4n) is 2.36. The zero-order chi connectivity index (χ0) is 13.6. The molecule has 2 N–H and O–H groups in total. The van der Waals surface area contributed by atoms with Gasteiger partial charge in [-0.3, -0.25) is 0 Å². The molecule has 1 saturated heterocycles. The van der Waals surface area contributed by atoms with E-state index in [-0.39, 0.29) is 24.4 Å². The van der Waals surface area contributed by atoms with Gasteiger partial charge in [0, 0.05) is 25.2 Å². The predicted octanol–water partition coefficient (Wildman–Crippen LogP) is 0.551. The highest BCUT2D eigenvalue weighted by Gasteiger charge is 2.28. The summed E-state index contributed by atoms with van der Waals surface area (Å²) in [5.41, 5.74) is 0. The number of nitrogens with zero attached hydrogens (tertiary/aromatic N) is 1. The Labute approximate surface area is 111 Å². The first kappa shape index (κ1) is 15.9. The third kappa shape index (κ3) is 4.84. The lowest BCUT2D eigenvalue weighted by Gasteiger charge is -2.29. The Morgan fingerprint density at radius 1 is 1.39 bits per heavy atom. The van der Waals surface area contributed by atoms with E-state index in [4.69, 9.17) is 5.11 Å². The third-order valence-electron chi connectivity index (χ3n) is 3.29. The van der Waals surface area contributed by atoms with Gasteiger partial charge in [-0.1, -0.05) is 6.42 Å². The monoisotopic (exact) mass is 278 g/mol. The van der Waals surface area contributed by atoms with E-state index in [0.717, 1.165) is 25.8 Å². The first-order chi connectivity index (χ1) is 8.47. The smallest absolute Gasteiger partial charge is 0.215 e. The molecule has 0 spiro atoms. The van der Waals surface area contributed by atoms with Crippen LogP contribution in [0.25, 0.3) is 0 Å². The van der Waals surface area contributed by atoms with Gasteiger partial charge in [-0.2, -0.15) is 4.31 Å². The molecule has 1 fully saturated rings. The molecule has 6 heteroatoms. The number of aliphatic hydroxyl groups is 1. The molecule has 1 rings (SSSR count). The van der Waals surface area contributed by atoms with Crippen molar-refractivity contribution in [2.45, 2.75) is 51.6 Å². The predicted molar refractivity (Wildman–Crippen MR) is 73.0 cm³/mol. The van der Waals surface area contributed by atoms with E-state index in [1.165, 1.54) is 4.31 Å². The largest absolute Gasteiger partial charge is 0.396 e. The summed E-state index contributed by atoms with van der Waals surface area (Å²) in [5.74, 6) is 0.177. The van der Waals surface area contributed by atoms with Gasteiger partial charge < -0.3 is 10.4 Å². The Morgan fingerprint density at radius 3 is 2.61 bits per heavy atom. The van der Waals surface area contributed by atoms with Gasteiger partial charge in [0.15, 0.2) is 0 Å². The quantitative estimate of drug-likeness (QED) is 0.713. The lowest BCUT2D eigenvalue weighted by Crippen LogP contribution is -2.46. The third-order valence-corrected chi connectivity index (χ3v) is 5.44. The highest BCUT2D eigenvalue weighted by Crippen LogP contribution is 2.14. The van der Waals surface area contributed by atoms with Gasteiger partial charge in [-0.15, -0.1) is 0 Å². The van der Waals surface area contributed by atoms with E-state index in [0.29, 0.717) is 13.0 Å². The lowest BCUT2D eigenvalue weighted by atomic mass is 10.1. The SMILES string of the molecule is CC(C)N(CCCO)S(=O)(=O)CC1CCCCN1. The maximum absolute atomic E-state index is 12.4. The maximum atomic E-state index is 12.4. The fraction of sp³-hybridized carbons (Fsp3) is 1.00. The van der Waals surface area contributed by atoms with Gasteiger partial charge >= 0.3 is 0 Å². The van der Waals surface area contributed by atoms with Crippen LogP contribution in [0, 0.1) is 0 Å². The Hall–Kier alpha value is -0.170. The molecular formula is C12H26N2O3S. The number of hydrogen-bond acceptors (Lipinski definition) is 4. The van der Waals surface area contributed by atoms with Crippen molar-refractivity contribution in [1.82, 2.24) is 9.62 Å². The van der Waals surface area contributed by atoms with E-state index in [1.807, 2.05) is 13.8 Å². The van der Waals surface area contributed by atoms with E-state index in [1.54, 1.807) is 0 Å². The molecule has 1 unspecified atom stereocenters. The molecule has 1 heterocycles. The Morgan fingerprint density at radius 2 is 2.11 bits per heavy atom. The normalized spacial score (nSPS) is 21.7. The van der Waals surface area contributed by atoms with E-state index in [9.17, 15) is 8.42 Å². The van der Waals surface area contributed by atoms with Crippen LogP contribution in [0.2, 0.25) is 0 Å². The standard InChI is InChI=1S/C12H26N2O3S/c1-11(2)14(8-5-9-15)18(16,17)10-12-6-3-4-7-13-12/h11-13,15H,3-10H2,1-2H3. The number of hydrogen-bond donors (Lipinski definition) is 2. The summed E-state index contributed by atoms with van der Waals surface area (Å²) < 4.78 is 26.2. The first-order valence-corrected chi connectivity index (χ1v) is 8.42. The molecule has 18 heavy (non-hydrogen) atoms. The van der Waals surface area contributed by atoms with Crippen LogP contribution in [-0.4, -0.2) is 55.4 Å². The summed E-state index contributed by atoms with van der Waals surface area (Å²) in [6.07, 6.45) is 3.67. The van der Waals surface area contributed by atoms with Crippen molar-refractivity contribution >= 4 is 10.0 Å². The van der Waals surface area contributed by atoms with Gasteiger partial charge in [-0.25, -0.2) is 8.42 Å². The summed E-state index contributed by atoms with van der Waals surface area (Å²) >= 11 is 0. The van der Waals surface area contributed by atoms with Crippen molar-refractivity contribution in [3.05, 3.63) is 0 Å². The molecule has 0 amide bonds. The average molecular weight is 278 g/mol. The van der Waals surface area contributed by atoms with Gasteiger partial charge in [0.05, 0.1) is 5.75 Å². The van der Waals surface area contributed by atoms with Crippen molar-refractivity contribution in [1.29, 1.82) is 0 Å². The molecule has 0 aromatic heterocycles. The second kappa shape index (κ2) is 7.43. The van der Waals surface area contributed by atoms with Crippen molar-refractivity contribution in [3.63, 3.8) is 0 Å². The summed E-state index contributed by atoms with van der Waals surface area (Å²) in [6, 6.07) is 0.0317. The van der Waals surface area contributed by atoms with Gasteiger partial charge in [-0.05, 0) is 39.7 Å². The summed E-state index contributed by atoms with van der Waals surface area (Å²) in [7, 11) is -3.23. The fourth-order valence-corrected chi connectivity index (χ4v) is 4.40. The zero-order valence-corrected chi connectivity index (χ0v) is 12.2. The molecule has 1 aliphatic heterocycles. The maximum Gasteiger partial charge on any atom is 0.215 e. The van der Waals surface area contributed by atoms with Crippen molar-refractivity contribution in [2.24, 2.45) is 0 Å². The van der Waals surface area contributed by atoms with E-state index >= 15 is 0 Å². The molecule has 0 saturated carbocycles. The topological polar surface area (TPSA) is 69.6 Å². The lowest BCUT2D eigenvalue weighted by molar-refractivity contribution is 0.257. The summed E-state index contributed by atoms with van der Waals surface area (Å²) in [6.45, 7) is 5.11. The minimum absolute atomic E-state index is 0.0282. The van der Waals surface area contributed by atoms with Crippen LogP contribution in [0.4, 0.5) is 0 Å². The molecule has 108 valence electrons. The second-order valence-corrected chi connectivity index (χ2v) is 7.17. The van der Waals surface area contributed by atoms with Crippen LogP contribution in [-0.2, 0) is 10.0 Å². The van der Waals surface area contributed by atoms with Gasteiger partial charge in [0.25, 0.3) is 0 Å². The highest BCUT2D eigenvalue weighted by molar-refractivity contribution is 7.89. The molecule has 0 bridgehead atoms. The number of aliphatic hydroxyl groups excluding tert-OH is 1. The molecule has 0 radical (unpaired) electrons. The zero-order valence-electron chi connectivity index (χ0n) is 11.4. The second-order valence-electron chi connectivity index (χ2n) is 5.21. The Kier molecular flexibility index (Phi) is 6.55. The molecular weight excluding hydrogens is 252 g/mol. The minimum Gasteiger partial charge on any atom is -0.396 e. The number of piperidine rings is 1. The highest BCUT2D eigenvalue weighted by atomic mass is 32.2. The van der Waals surface area contributed by atoms with Crippen LogP contribution in [0.3, 0.4) is 0 Å². The van der Waals surface area contributed by atoms with Gasteiger partial charge in [0.2, 0.25) is 10.0 Å². The van der Waals surface area contributed by atoms with Crippen molar-refractivity contribution in [2.75, 3.05) is 25.4 Å². The molecule has 0 aromatic rings. The Bertz CT molecular complexity index is 324. The molecule has 0 aromatic carbocycles. The van der Waals surface area contributed by atoms with E-state index < -0.39 is 10.0 Å².